The van der Waals surface area contributed by atoms with Gasteiger partial charge in [-0.3, -0.25) is 0 Å². The zero-order valence-corrected chi connectivity index (χ0v) is 21.5. The lowest BCUT2D eigenvalue weighted by Gasteiger charge is -2.43. The zero-order valence-electron chi connectivity index (χ0n) is 20.7. The Bertz CT molecular complexity index is 833. The highest BCUT2D eigenvalue weighted by molar-refractivity contribution is 7.90. The lowest BCUT2D eigenvalue weighted by molar-refractivity contribution is -0.0258. The summed E-state index contributed by atoms with van der Waals surface area (Å²) in [5.41, 5.74) is 5.00. The van der Waals surface area contributed by atoms with Crippen LogP contribution in [0.3, 0.4) is 0 Å². The van der Waals surface area contributed by atoms with E-state index in [-0.39, 0.29) is 12.2 Å². The molecule has 2 N–H and O–H groups in total. The van der Waals surface area contributed by atoms with Gasteiger partial charge in [0.2, 0.25) is 10.0 Å². The molecule has 3 unspecified atom stereocenters. The molecule has 1 aliphatic heterocycles. The summed E-state index contributed by atoms with van der Waals surface area (Å²) in [5, 5.41) is 3.56. The summed E-state index contributed by atoms with van der Waals surface area (Å²) in [6.07, 6.45) is 3.29. The molecule has 1 aromatic rings. The molecule has 0 aromatic heterocycles. The molecule has 178 valence electrons. The highest BCUT2D eigenvalue weighted by Gasteiger charge is 2.30. The molecule has 31 heavy (non-hydrogen) atoms. The van der Waals surface area contributed by atoms with Crippen LogP contribution in [0.2, 0.25) is 0 Å². The molecule has 1 heterocycles. The third-order valence-electron chi connectivity index (χ3n) is 6.19. The van der Waals surface area contributed by atoms with Crippen molar-refractivity contribution in [3.8, 4) is 0 Å². The first-order chi connectivity index (χ1) is 14.3. The van der Waals surface area contributed by atoms with Crippen molar-refractivity contribution in [2.24, 2.45) is 0 Å². The molecule has 2 rings (SSSR count). The quantitative estimate of drug-likeness (QED) is 0.535. The summed E-state index contributed by atoms with van der Waals surface area (Å²) < 4.78 is 32.1. The monoisotopic (exact) mass is 453 g/mol. The third kappa shape index (κ3) is 6.83. The molecule has 3 atom stereocenters. The maximum atomic E-state index is 12.1. The number of hydrogen-bond acceptors (Lipinski definition) is 5. The zero-order chi connectivity index (χ0) is 23.4. The van der Waals surface area contributed by atoms with Gasteiger partial charge in [0.25, 0.3) is 0 Å². The lowest BCUT2D eigenvalue weighted by atomic mass is 10.0. The van der Waals surface area contributed by atoms with Gasteiger partial charge in [0.05, 0.1) is 23.0 Å². The Hall–Kier alpha value is -1.31. The molecular weight excluding hydrogens is 410 g/mol. The van der Waals surface area contributed by atoms with Crippen molar-refractivity contribution in [2.75, 3.05) is 29.9 Å². The van der Waals surface area contributed by atoms with Crippen molar-refractivity contribution in [2.45, 2.75) is 97.6 Å². The van der Waals surface area contributed by atoms with Crippen LogP contribution in [-0.4, -0.2) is 51.0 Å². The molecule has 0 radical (unpaired) electrons. The smallest absolute Gasteiger partial charge is 0.216 e. The highest BCUT2D eigenvalue weighted by Crippen LogP contribution is 2.32. The van der Waals surface area contributed by atoms with E-state index in [1.807, 2.05) is 0 Å². The van der Waals surface area contributed by atoms with Gasteiger partial charge < -0.3 is 15.0 Å². The van der Waals surface area contributed by atoms with E-state index in [0.717, 1.165) is 32.4 Å². The molecule has 1 aromatic carbocycles. The van der Waals surface area contributed by atoms with Crippen LogP contribution in [0.4, 0.5) is 11.4 Å². The topological polar surface area (TPSA) is 70.7 Å². The number of anilines is 2. The number of unbranched alkanes of at least 4 members (excludes halogenated alkanes) is 2. The first-order valence-electron chi connectivity index (χ1n) is 11.6. The standard InChI is InChI=1S/C24H43N3O3S/c1-17-15-23(27-16-19(3)30-21(5)20(27)4)18(2)14-22(17)25-12-10-9-11-13-26-31(28,29)24(6,7)8/h14-15,19-21,25-26H,9-13,16H2,1-8H3. The van der Waals surface area contributed by atoms with Crippen molar-refractivity contribution < 1.29 is 13.2 Å². The Labute approximate surface area is 190 Å². The van der Waals surface area contributed by atoms with Gasteiger partial charge in [-0.2, -0.15) is 0 Å². The molecule has 0 bridgehead atoms. The van der Waals surface area contributed by atoms with Gasteiger partial charge in [-0.15, -0.1) is 0 Å². The van der Waals surface area contributed by atoms with Crippen LogP contribution in [0.15, 0.2) is 12.1 Å². The van der Waals surface area contributed by atoms with Crippen LogP contribution in [-0.2, 0) is 14.8 Å². The number of sulfonamides is 1. The van der Waals surface area contributed by atoms with Crippen LogP contribution in [0.5, 0.6) is 0 Å². The van der Waals surface area contributed by atoms with Crippen LogP contribution >= 0.6 is 0 Å². The number of rotatable bonds is 9. The second-order valence-corrected chi connectivity index (χ2v) is 12.5. The minimum atomic E-state index is -3.25. The first kappa shape index (κ1) is 25.9. The molecule has 6 nitrogen and oxygen atoms in total. The Kier molecular flexibility index (Phi) is 8.82. The number of hydrogen-bond donors (Lipinski definition) is 2. The van der Waals surface area contributed by atoms with Crippen molar-refractivity contribution in [3.63, 3.8) is 0 Å². The van der Waals surface area contributed by atoms with E-state index in [4.69, 9.17) is 4.74 Å². The number of nitrogens with zero attached hydrogens (tertiary/aromatic N) is 1. The number of ether oxygens (including phenoxy) is 1. The summed E-state index contributed by atoms with van der Waals surface area (Å²) in [7, 11) is -3.25. The Morgan fingerprint density at radius 2 is 1.68 bits per heavy atom. The lowest BCUT2D eigenvalue weighted by Crippen LogP contribution is -2.52. The van der Waals surface area contributed by atoms with Gasteiger partial charge in [-0.1, -0.05) is 6.42 Å². The summed E-state index contributed by atoms with van der Waals surface area (Å²) in [4.78, 5) is 2.48. The molecule has 1 aliphatic rings. The number of nitrogens with one attached hydrogen (secondary N) is 2. The predicted octanol–water partition coefficient (Wildman–Crippen LogP) is 4.61. The summed E-state index contributed by atoms with van der Waals surface area (Å²) in [6.45, 7) is 18.3. The van der Waals surface area contributed by atoms with Crippen molar-refractivity contribution in [1.29, 1.82) is 0 Å². The van der Waals surface area contributed by atoms with Crippen molar-refractivity contribution >= 4 is 21.4 Å². The molecule has 7 heteroatoms. The average molecular weight is 454 g/mol. The SMILES string of the molecule is Cc1cc(N2CC(C)OC(C)C2C)c(C)cc1NCCCCCNS(=O)(=O)C(C)(C)C. The van der Waals surface area contributed by atoms with Gasteiger partial charge in [-0.25, -0.2) is 13.1 Å². The minimum Gasteiger partial charge on any atom is -0.385 e. The van der Waals surface area contributed by atoms with Crippen LogP contribution in [0, 0.1) is 13.8 Å². The second kappa shape index (κ2) is 10.5. The summed E-state index contributed by atoms with van der Waals surface area (Å²) in [5.74, 6) is 0. The van der Waals surface area contributed by atoms with Gasteiger partial charge in [0, 0.05) is 31.0 Å². The van der Waals surface area contributed by atoms with E-state index < -0.39 is 14.8 Å². The fourth-order valence-electron chi connectivity index (χ4n) is 3.91. The predicted molar refractivity (Wildman–Crippen MR) is 132 cm³/mol. The third-order valence-corrected chi connectivity index (χ3v) is 8.39. The summed E-state index contributed by atoms with van der Waals surface area (Å²) >= 11 is 0. The van der Waals surface area contributed by atoms with Crippen molar-refractivity contribution in [1.82, 2.24) is 4.72 Å². The van der Waals surface area contributed by atoms with E-state index in [9.17, 15) is 8.42 Å². The Morgan fingerprint density at radius 3 is 2.32 bits per heavy atom. The molecular formula is C24H43N3O3S. The Balaban J connectivity index is 1.84. The molecule has 1 saturated heterocycles. The van der Waals surface area contributed by atoms with E-state index >= 15 is 0 Å². The van der Waals surface area contributed by atoms with Crippen molar-refractivity contribution in [3.05, 3.63) is 23.3 Å². The van der Waals surface area contributed by atoms with Gasteiger partial charge in [0.1, 0.15) is 0 Å². The fourth-order valence-corrected chi connectivity index (χ4v) is 4.76. The second-order valence-electron chi connectivity index (χ2n) is 10.00. The van der Waals surface area contributed by atoms with E-state index in [1.165, 1.54) is 22.5 Å². The molecule has 0 saturated carbocycles. The fraction of sp³-hybridized carbons (Fsp3) is 0.750. The number of aryl methyl sites for hydroxylation is 2. The maximum absolute atomic E-state index is 12.1. The van der Waals surface area contributed by atoms with Gasteiger partial charge in [-0.05, 0) is 91.5 Å². The molecule has 0 amide bonds. The largest absolute Gasteiger partial charge is 0.385 e. The average Bonchev–Trinajstić information content (AvgIpc) is 2.65. The molecule has 0 spiro atoms. The van der Waals surface area contributed by atoms with Gasteiger partial charge in [0.15, 0.2) is 0 Å². The van der Waals surface area contributed by atoms with E-state index in [1.54, 1.807) is 20.8 Å². The first-order valence-corrected chi connectivity index (χ1v) is 13.1. The van der Waals surface area contributed by atoms with Gasteiger partial charge >= 0.3 is 0 Å². The van der Waals surface area contributed by atoms with E-state index in [2.05, 4.69) is 61.7 Å². The van der Waals surface area contributed by atoms with Crippen LogP contribution < -0.4 is 14.9 Å². The summed E-state index contributed by atoms with van der Waals surface area (Å²) in [6, 6.07) is 4.89. The Morgan fingerprint density at radius 1 is 1.03 bits per heavy atom. The molecule has 1 fully saturated rings. The molecule has 0 aliphatic carbocycles. The minimum absolute atomic E-state index is 0.217. The normalized spacial score (nSPS) is 22.6. The van der Waals surface area contributed by atoms with E-state index in [0.29, 0.717) is 12.6 Å². The number of benzene rings is 1. The maximum Gasteiger partial charge on any atom is 0.216 e. The highest BCUT2D eigenvalue weighted by atomic mass is 32.2. The number of morpholine rings is 1. The van der Waals surface area contributed by atoms with Crippen LogP contribution in [0.25, 0.3) is 0 Å². The van der Waals surface area contributed by atoms with Crippen LogP contribution in [0.1, 0.15) is 71.9 Å².